The number of H-pyrrole nitrogens is 1. The van der Waals surface area contributed by atoms with Crippen LogP contribution in [0.2, 0.25) is 0 Å². The first-order chi connectivity index (χ1) is 16.6. The Bertz CT molecular complexity index is 1380. The number of carbonyl (C=O) groups excluding carboxylic acids is 1. The molecule has 0 saturated heterocycles. The van der Waals surface area contributed by atoms with E-state index in [0.29, 0.717) is 18.1 Å². The number of nitrogens with zero attached hydrogens (tertiary/aromatic N) is 4. The van der Waals surface area contributed by atoms with Gasteiger partial charge in [-0.25, -0.2) is 14.8 Å². The molecule has 1 amide bonds. The molecule has 2 aliphatic carbocycles. The van der Waals surface area contributed by atoms with Crippen molar-refractivity contribution in [2.75, 3.05) is 26.0 Å². The zero-order valence-electron chi connectivity index (χ0n) is 19.1. The van der Waals surface area contributed by atoms with E-state index in [2.05, 4.69) is 25.5 Å². The van der Waals surface area contributed by atoms with Gasteiger partial charge in [0.15, 0.2) is 0 Å². The minimum absolute atomic E-state index is 0.109. The Morgan fingerprint density at radius 2 is 2.18 bits per heavy atom. The molecular weight excluding hydrogens is 452 g/mol. The van der Waals surface area contributed by atoms with E-state index in [1.807, 2.05) is 19.2 Å². The first-order valence-corrected chi connectivity index (χ1v) is 12.4. The number of carbonyl (C=O) groups is 1. The fourth-order valence-corrected chi connectivity index (χ4v) is 5.89. The molecule has 176 valence electrons. The van der Waals surface area contributed by atoms with Gasteiger partial charge in [0.05, 0.1) is 29.9 Å². The van der Waals surface area contributed by atoms with E-state index in [-0.39, 0.29) is 12.2 Å². The highest BCUT2D eigenvalue weighted by Gasteiger charge is 2.30. The Morgan fingerprint density at radius 1 is 1.29 bits per heavy atom. The van der Waals surface area contributed by atoms with E-state index in [1.165, 1.54) is 23.3 Å². The summed E-state index contributed by atoms with van der Waals surface area (Å²) in [5.41, 5.74) is 2.97. The van der Waals surface area contributed by atoms with Gasteiger partial charge in [0.1, 0.15) is 28.8 Å². The zero-order valence-corrected chi connectivity index (χ0v) is 19.9. The molecule has 2 N–H and O–H groups in total. The van der Waals surface area contributed by atoms with Gasteiger partial charge >= 0.3 is 6.09 Å². The number of nitrogens with one attached hydrogen (secondary N) is 2. The van der Waals surface area contributed by atoms with Crippen LogP contribution in [0.25, 0.3) is 21.1 Å². The molecule has 1 fully saturated rings. The van der Waals surface area contributed by atoms with Crippen molar-refractivity contribution in [3.8, 4) is 5.75 Å². The average Bonchev–Trinajstić information content (AvgIpc) is 3.39. The van der Waals surface area contributed by atoms with Crippen molar-refractivity contribution in [2.24, 2.45) is 5.92 Å². The lowest BCUT2D eigenvalue weighted by molar-refractivity contribution is 0.0623. The van der Waals surface area contributed by atoms with Crippen molar-refractivity contribution in [3.63, 3.8) is 0 Å². The predicted octanol–water partition coefficient (Wildman–Crippen LogP) is 4.66. The molecular formula is C24H26N6O3S. The van der Waals surface area contributed by atoms with Gasteiger partial charge in [-0.1, -0.05) is 0 Å². The number of aromatic amines is 1. The van der Waals surface area contributed by atoms with Gasteiger partial charge in [0, 0.05) is 36.3 Å². The molecule has 10 heteroatoms. The Morgan fingerprint density at radius 3 is 3.00 bits per heavy atom. The number of thiophene rings is 1. The number of methoxy groups -OCH3 is 1. The third-order valence-corrected chi connectivity index (χ3v) is 7.78. The third kappa shape index (κ3) is 3.91. The second kappa shape index (κ2) is 8.43. The summed E-state index contributed by atoms with van der Waals surface area (Å²) in [7, 11) is 3.48. The number of benzene rings is 1. The molecule has 0 bridgehead atoms. The summed E-state index contributed by atoms with van der Waals surface area (Å²) in [4.78, 5) is 25.5. The van der Waals surface area contributed by atoms with Crippen molar-refractivity contribution in [3.05, 3.63) is 35.1 Å². The van der Waals surface area contributed by atoms with Crippen LogP contribution in [-0.2, 0) is 17.6 Å². The van der Waals surface area contributed by atoms with Crippen LogP contribution in [-0.4, -0.2) is 58.0 Å². The molecule has 3 aromatic heterocycles. The van der Waals surface area contributed by atoms with Crippen molar-refractivity contribution in [2.45, 2.75) is 38.2 Å². The van der Waals surface area contributed by atoms with E-state index < -0.39 is 0 Å². The number of aryl methyl sites for hydroxylation is 1. The fraction of sp³-hybridized carbons (Fsp3) is 0.417. The maximum Gasteiger partial charge on any atom is 0.409 e. The summed E-state index contributed by atoms with van der Waals surface area (Å²) in [6.07, 6.45) is 7.79. The van der Waals surface area contributed by atoms with Crippen LogP contribution in [0, 0.1) is 5.92 Å². The maximum absolute atomic E-state index is 12.5. The van der Waals surface area contributed by atoms with Gasteiger partial charge in [0.25, 0.3) is 0 Å². The molecule has 4 aromatic rings. The van der Waals surface area contributed by atoms with E-state index in [0.717, 1.165) is 52.0 Å². The first-order valence-electron chi connectivity index (χ1n) is 11.5. The Kier molecular flexibility index (Phi) is 5.24. The highest BCUT2D eigenvalue weighted by Crippen LogP contribution is 2.41. The third-order valence-electron chi connectivity index (χ3n) is 6.62. The van der Waals surface area contributed by atoms with Gasteiger partial charge in [0.2, 0.25) is 0 Å². The summed E-state index contributed by atoms with van der Waals surface area (Å²) in [6.45, 7) is 0.790. The summed E-state index contributed by atoms with van der Waals surface area (Å²) in [5.74, 6) is 2.11. The van der Waals surface area contributed by atoms with Crippen LogP contribution < -0.4 is 10.1 Å². The normalized spacial score (nSPS) is 17.5. The van der Waals surface area contributed by atoms with Gasteiger partial charge in [-0.2, -0.15) is 5.10 Å². The molecule has 2 aliphatic rings. The first kappa shape index (κ1) is 21.2. The Labute approximate surface area is 200 Å². The molecule has 1 saturated carbocycles. The fourth-order valence-electron chi connectivity index (χ4n) is 4.64. The predicted molar refractivity (Wildman–Crippen MR) is 131 cm³/mol. The average molecular weight is 479 g/mol. The van der Waals surface area contributed by atoms with Crippen LogP contribution in [0.3, 0.4) is 0 Å². The van der Waals surface area contributed by atoms with Crippen molar-refractivity contribution in [1.29, 1.82) is 0 Å². The SMILES string of the molecule is COc1cc2[nH]ncc2cc1Nc1ncnc2sc3c(c12)CCC(OC(=O)N(C)CC1CC1)C3. The van der Waals surface area contributed by atoms with Crippen LogP contribution >= 0.6 is 11.3 Å². The second-order valence-electron chi connectivity index (χ2n) is 9.11. The standard InChI is InChI=1S/C24H26N6O3S/c1-30(11-13-3-4-13)24(31)33-15-5-6-16-20(8-15)34-23-21(16)22(25-12-26-23)28-18-7-14-10-27-29-17(14)9-19(18)32-2/h7,9-10,12-13,15H,3-6,8,11H2,1-2H3,(H,27,29)(H,25,26,28). The number of rotatable bonds is 6. The molecule has 1 atom stereocenters. The summed E-state index contributed by atoms with van der Waals surface area (Å²) in [6, 6.07) is 3.92. The van der Waals surface area contributed by atoms with E-state index in [1.54, 1.807) is 35.9 Å². The highest BCUT2D eigenvalue weighted by atomic mass is 32.1. The van der Waals surface area contributed by atoms with Gasteiger partial charge in [-0.05, 0) is 43.2 Å². The monoisotopic (exact) mass is 478 g/mol. The topological polar surface area (TPSA) is 105 Å². The van der Waals surface area contributed by atoms with E-state index in [4.69, 9.17) is 9.47 Å². The number of amides is 1. The maximum atomic E-state index is 12.5. The van der Waals surface area contributed by atoms with Crippen LogP contribution in [0.1, 0.15) is 29.7 Å². The van der Waals surface area contributed by atoms with Gasteiger partial charge in [-0.15, -0.1) is 11.3 Å². The number of aromatic nitrogens is 4. The Balaban J connectivity index is 1.26. The van der Waals surface area contributed by atoms with Crippen molar-refractivity contribution in [1.82, 2.24) is 25.1 Å². The lowest BCUT2D eigenvalue weighted by Crippen LogP contribution is -2.34. The number of hydrogen-bond donors (Lipinski definition) is 2. The minimum atomic E-state index is -0.217. The molecule has 6 rings (SSSR count). The van der Waals surface area contributed by atoms with E-state index in [9.17, 15) is 4.79 Å². The number of anilines is 2. The van der Waals surface area contributed by atoms with E-state index >= 15 is 0 Å². The lowest BCUT2D eigenvalue weighted by atomic mass is 9.94. The second-order valence-corrected chi connectivity index (χ2v) is 10.2. The number of ether oxygens (including phenoxy) is 2. The Hall–Kier alpha value is -3.40. The van der Waals surface area contributed by atoms with Crippen LogP contribution in [0.15, 0.2) is 24.7 Å². The summed E-state index contributed by atoms with van der Waals surface area (Å²) >= 11 is 1.66. The lowest BCUT2D eigenvalue weighted by Gasteiger charge is -2.25. The largest absolute Gasteiger partial charge is 0.494 e. The molecule has 34 heavy (non-hydrogen) atoms. The van der Waals surface area contributed by atoms with Gasteiger partial charge < -0.3 is 19.7 Å². The molecule has 9 nitrogen and oxygen atoms in total. The van der Waals surface area contributed by atoms with Crippen molar-refractivity contribution >= 4 is 50.1 Å². The summed E-state index contributed by atoms with van der Waals surface area (Å²) < 4.78 is 11.4. The molecule has 0 spiro atoms. The van der Waals surface area contributed by atoms with Crippen molar-refractivity contribution < 1.29 is 14.3 Å². The molecule has 3 heterocycles. The quantitative estimate of drug-likeness (QED) is 0.415. The van der Waals surface area contributed by atoms with Gasteiger partial charge in [-0.3, -0.25) is 5.10 Å². The smallest absolute Gasteiger partial charge is 0.409 e. The van der Waals surface area contributed by atoms with Crippen LogP contribution in [0.5, 0.6) is 5.75 Å². The van der Waals surface area contributed by atoms with Crippen LogP contribution in [0.4, 0.5) is 16.3 Å². The zero-order chi connectivity index (χ0) is 23.2. The highest BCUT2D eigenvalue weighted by molar-refractivity contribution is 7.19. The number of fused-ring (bicyclic) bond motifs is 4. The molecule has 1 aromatic carbocycles. The molecule has 0 aliphatic heterocycles. The molecule has 1 unspecified atom stereocenters. The summed E-state index contributed by atoms with van der Waals surface area (Å²) in [5, 5.41) is 12.6. The molecule has 0 radical (unpaired) electrons. The minimum Gasteiger partial charge on any atom is -0.494 e. The number of hydrogen-bond acceptors (Lipinski definition) is 8.